The lowest BCUT2D eigenvalue weighted by Gasteiger charge is -2.32. The summed E-state index contributed by atoms with van der Waals surface area (Å²) < 4.78 is 5.11. The van der Waals surface area contributed by atoms with Gasteiger partial charge in [-0.3, -0.25) is 14.9 Å². The number of ether oxygens (including phenoxy) is 1. The average Bonchev–Trinajstić information content (AvgIpc) is 2.72. The molecule has 1 N–H and O–H groups in total. The molecule has 1 aliphatic heterocycles. The van der Waals surface area contributed by atoms with Crippen LogP contribution in [0.5, 0.6) is 5.75 Å². The first kappa shape index (κ1) is 19.7. The van der Waals surface area contributed by atoms with Crippen LogP contribution in [0.1, 0.15) is 35.7 Å². The lowest BCUT2D eigenvalue weighted by Crippen LogP contribution is -2.34. The summed E-state index contributed by atoms with van der Waals surface area (Å²) in [6.45, 7) is 4.08. The van der Waals surface area contributed by atoms with Gasteiger partial charge in [0, 0.05) is 31.3 Å². The fourth-order valence-electron chi connectivity index (χ4n) is 3.51. The van der Waals surface area contributed by atoms with Crippen molar-refractivity contribution in [3.05, 3.63) is 63.7 Å². The lowest BCUT2D eigenvalue weighted by atomic mass is 9.99. The number of carbonyl (C=O) groups excluding carboxylic acids is 1. The summed E-state index contributed by atoms with van der Waals surface area (Å²) >= 11 is 0. The Balaban J connectivity index is 1.73. The van der Waals surface area contributed by atoms with Gasteiger partial charge in [0.2, 0.25) is 0 Å². The quantitative estimate of drug-likeness (QED) is 0.606. The number of carbonyl (C=O) groups is 1. The van der Waals surface area contributed by atoms with Gasteiger partial charge in [0.1, 0.15) is 11.4 Å². The molecule has 1 heterocycles. The van der Waals surface area contributed by atoms with Crippen molar-refractivity contribution in [2.24, 2.45) is 5.92 Å². The van der Waals surface area contributed by atoms with Crippen LogP contribution in [0.3, 0.4) is 0 Å². The van der Waals surface area contributed by atoms with E-state index in [9.17, 15) is 14.9 Å². The zero-order valence-electron chi connectivity index (χ0n) is 16.2. The van der Waals surface area contributed by atoms with Gasteiger partial charge in [-0.1, -0.05) is 19.1 Å². The van der Waals surface area contributed by atoms with Gasteiger partial charge in [0.25, 0.3) is 11.6 Å². The van der Waals surface area contributed by atoms with Gasteiger partial charge in [0.05, 0.1) is 12.0 Å². The molecule has 1 fully saturated rings. The summed E-state index contributed by atoms with van der Waals surface area (Å²) in [6, 6.07) is 12.1. The van der Waals surface area contributed by atoms with Gasteiger partial charge in [-0.15, -0.1) is 0 Å². The average molecular weight is 383 g/mol. The summed E-state index contributed by atoms with van der Waals surface area (Å²) in [5.74, 6) is 0.909. The normalized spacial score (nSPS) is 16.5. The highest BCUT2D eigenvalue weighted by Gasteiger charge is 2.25. The number of methoxy groups -OCH3 is 1. The van der Waals surface area contributed by atoms with Crippen molar-refractivity contribution in [3.63, 3.8) is 0 Å². The molecule has 7 heteroatoms. The van der Waals surface area contributed by atoms with Gasteiger partial charge < -0.3 is 15.0 Å². The Kier molecular flexibility index (Phi) is 6.13. The Bertz CT molecular complexity index is 851. The minimum Gasteiger partial charge on any atom is -0.497 e. The number of anilines is 1. The van der Waals surface area contributed by atoms with Gasteiger partial charge in [-0.2, -0.15) is 0 Å². The first-order valence-corrected chi connectivity index (χ1v) is 9.42. The third kappa shape index (κ3) is 4.60. The molecule has 3 rings (SSSR count). The monoisotopic (exact) mass is 383 g/mol. The van der Waals surface area contributed by atoms with Crippen LogP contribution in [0, 0.1) is 16.0 Å². The Labute approximate surface area is 164 Å². The zero-order valence-corrected chi connectivity index (χ0v) is 16.2. The highest BCUT2D eigenvalue weighted by atomic mass is 16.6. The third-order valence-electron chi connectivity index (χ3n) is 5.04. The molecule has 7 nitrogen and oxygen atoms in total. The standard InChI is InChI=1S/C21H25N3O4/c1-15-4-3-11-23(14-15)19-10-7-17(12-20(19)24(26)27)21(25)22-13-16-5-8-18(28-2)9-6-16/h5-10,12,15H,3-4,11,13-14H2,1-2H3,(H,22,25)/t15-/m1/s1. The Morgan fingerprint density at radius 1 is 1.29 bits per heavy atom. The van der Waals surface area contributed by atoms with Crippen LogP contribution in [0.4, 0.5) is 11.4 Å². The largest absolute Gasteiger partial charge is 0.497 e. The molecule has 2 aromatic carbocycles. The van der Waals surface area contributed by atoms with E-state index in [1.54, 1.807) is 19.2 Å². The summed E-state index contributed by atoms with van der Waals surface area (Å²) in [7, 11) is 1.60. The third-order valence-corrected chi connectivity index (χ3v) is 5.04. The van der Waals surface area contributed by atoms with E-state index in [0.717, 1.165) is 37.2 Å². The molecule has 1 aliphatic rings. The molecule has 0 unspecified atom stereocenters. The predicted octanol–water partition coefficient (Wildman–Crippen LogP) is 3.77. The molecule has 0 spiro atoms. The molecule has 1 saturated heterocycles. The molecule has 0 saturated carbocycles. The fraction of sp³-hybridized carbons (Fsp3) is 0.381. The maximum atomic E-state index is 12.5. The van der Waals surface area contributed by atoms with Crippen molar-refractivity contribution in [1.29, 1.82) is 0 Å². The number of piperidine rings is 1. The lowest BCUT2D eigenvalue weighted by molar-refractivity contribution is -0.384. The number of hydrogen-bond acceptors (Lipinski definition) is 5. The Hall–Kier alpha value is -3.09. The van der Waals surface area contributed by atoms with E-state index in [1.807, 2.05) is 29.2 Å². The number of benzene rings is 2. The number of hydrogen-bond donors (Lipinski definition) is 1. The zero-order chi connectivity index (χ0) is 20.1. The van der Waals surface area contributed by atoms with Crippen LogP contribution in [-0.2, 0) is 6.54 Å². The molecule has 1 amide bonds. The molecule has 0 aromatic heterocycles. The van der Waals surface area contributed by atoms with E-state index >= 15 is 0 Å². The van der Waals surface area contributed by atoms with Gasteiger partial charge in [0.15, 0.2) is 0 Å². The molecule has 1 atom stereocenters. The molecule has 28 heavy (non-hydrogen) atoms. The van der Waals surface area contributed by atoms with Crippen LogP contribution in [0.25, 0.3) is 0 Å². The maximum Gasteiger partial charge on any atom is 0.293 e. The number of rotatable bonds is 6. The van der Waals surface area contributed by atoms with Crippen LogP contribution < -0.4 is 15.0 Å². The van der Waals surface area contributed by atoms with E-state index in [1.165, 1.54) is 6.07 Å². The van der Waals surface area contributed by atoms with Gasteiger partial charge >= 0.3 is 0 Å². The van der Waals surface area contributed by atoms with Crippen LogP contribution in [0.15, 0.2) is 42.5 Å². The second-order valence-corrected chi connectivity index (χ2v) is 7.18. The summed E-state index contributed by atoms with van der Waals surface area (Å²) in [5.41, 5.74) is 1.77. The topological polar surface area (TPSA) is 84.7 Å². The van der Waals surface area contributed by atoms with E-state index in [0.29, 0.717) is 18.2 Å². The van der Waals surface area contributed by atoms with Crippen LogP contribution in [0.2, 0.25) is 0 Å². The molecular formula is C21H25N3O4. The van der Waals surface area contributed by atoms with Crippen LogP contribution in [-0.4, -0.2) is 31.0 Å². The summed E-state index contributed by atoms with van der Waals surface area (Å²) in [4.78, 5) is 25.7. The van der Waals surface area contributed by atoms with Crippen molar-refractivity contribution in [2.75, 3.05) is 25.1 Å². The molecule has 0 bridgehead atoms. The van der Waals surface area contributed by atoms with Crippen molar-refractivity contribution >= 4 is 17.3 Å². The smallest absolute Gasteiger partial charge is 0.293 e. The molecular weight excluding hydrogens is 358 g/mol. The first-order valence-electron chi connectivity index (χ1n) is 9.42. The second-order valence-electron chi connectivity index (χ2n) is 7.18. The highest BCUT2D eigenvalue weighted by molar-refractivity contribution is 5.95. The predicted molar refractivity (Wildman–Crippen MR) is 108 cm³/mol. The van der Waals surface area contributed by atoms with Crippen LogP contribution >= 0.6 is 0 Å². The van der Waals surface area contributed by atoms with E-state index in [4.69, 9.17) is 4.74 Å². The number of amides is 1. The molecule has 0 aliphatic carbocycles. The first-order chi connectivity index (χ1) is 13.5. The highest BCUT2D eigenvalue weighted by Crippen LogP contribution is 2.32. The number of nitrogens with zero attached hydrogens (tertiary/aromatic N) is 2. The maximum absolute atomic E-state index is 12.5. The number of nitro groups is 1. The number of nitro benzene ring substituents is 1. The van der Waals surface area contributed by atoms with Crippen molar-refractivity contribution < 1.29 is 14.5 Å². The second kappa shape index (κ2) is 8.73. The van der Waals surface area contributed by atoms with Crippen molar-refractivity contribution in [1.82, 2.24) is 5.32 Å². The fourth-order valence-corrected chi connectivity index (χ4v) is 3.51. The summed E-state index contributed by atoms with van der Waals surface area (Å²) in [6.07, 6.45) is 2.15. The van der Waals surface area contributed by atoms with Crippen molar-refractivity contribution in [3.8, 4) is 5.75 Å². The van der Waals surface area contributed by atoms with E-state index in [-0.39, 0.29) is 17.2 Å². The molecule has 2 aromatic rings. The number of nitrogens with one attached hydrogen (secondary N) is 1. The van der Waals surface area contributed by atoms with Gasteiger partial charge in [-0.05, 0) is 48.6 Å². The Morgan fingerprint density at radius 2 is 2.04 bits per heavy atom. The minimum absolute atomic E-state index is 0.0220. The SMILES string of the molecule is COc1ccc(CNC(=O)c2ccc(N3CCC[C@@H](C)C3)c([N+](=O)[O-])c2)cc1. The Morgan fingerprint density at radius 3 is 2.68 bits per heavy atom. The summed E-state index contributed by atoms with van der Waals surface area (Å²) in [5, 5.41) is 14.4. The van der Waals surface area contributed by atoms with Gasteiger partial charge in [-0.25, -0.2) is 0 Å². The molecule has 148 valence electrons. The van der Waals surface area contributed by atoms with Crippen molar-refractivity contribution in [2.45, 2.75) is 26.3 Å². The molecule has 0 radical (unpaired) electrons. The van der Waals surface area contributed by atoms with E-state index in [2.05, 4.69) is 12.2 Å². The minimum atomic E-state index is -0.408. The van der Waals surface area contributed by atoms with E-state index < -0.39 is 4.92 Å².